The van der Waals surface area contributed by atoms with Crippen molar-refractivity contribution in [1.82, 2.24) is 4.98 Å². The molecule has 1 aromatic carbocycles. The zero-order valence-corrected chi connectivity index (χ0v) is 11.2. The monoisotopic (exact) mass is 297 g/mol. The lowest BCUT2D eigenvalue weighted by atomic mass is 10.1. The van der Waals surface area contributed by atoms with Crippen LogP contribution in [-0.4, -0.2) is 22.7 Å². The number of fused-ring (bicyclic) bond motifs is 1. The van der Waals surface area contributed by atoms with Gasteiger partial charge in [0.15, 0.2) is 11.6 Å². The van der Waals surface area contributed by atoms with Crippen LogP contribution < -0.4 is 5.43 Å². The molecule has 0 saturated heterocycles. The van der Waals surface area contributed by atoms with E-state index in [4.69, 9.17) is 4.74 Å². The summed E-state index contributed by atoms with van der Waals surface area (Å²) in [5.74, 6) is -4.69. The largest absolute Gasteiger partial charge is 0.503 e. The molecule has 0 atom stereocenters. The van der Waals surface area contributed by atoms with Crippen LogP contribution in [0, 0.1) is 11.6 Å². The van der Waals surface area contributed by atoms with Crippen molar-refractivity contribution in [3.63, 3.8) is 0 Å². The van der Waals surface area contributed by atoms with E-state index in [-0.39, 0.29) is 23.1 Å². The van der Waals surface area contributed by atoms with Crippen molar-refractivity contribution < 1.29 is 23.4 Å². The summed E-state index contributed by atoms with van der Waals surface area (Å²) >= 11 is 0. The molecular weight excluding hydrogens is 284 g/mol. The number of unbranched alkanes of at least 4 members (excludes halogenated alkanes) is 1. The Labute approximate surface area is 118 Å². The number of ether oxygens (including phenoxy) is 1. The fourth-order valence-corrected chi connectivity index (χ4v) is 1.83. The van der Waals surface area contributed by atoms with Crippen LogP contribution in [-0.2, 0) is 4.74 Å². The minimum atomic E-state index is -1.46. The summed E-state index contributed by atoms with van der Waals surface area (Å²) in [6, 6.07) is 0.631. The first-order valence-corrected chi connectivity index (χ1v) is 6.36. The third-order valence-corrected chi connectivity index (χ3v) is 3.00. The van der Waals surface area contributed by atoms with E-state index < -0.39 is 28.8 Å². The van der Waals surface area contributed by atoms with Crippen molar-refractivity contribution in [1.29, 1.82) is 0 Å². The van der Waals surface area contributed by atoms with Crippen LogP contribution >= 0.6 is 0 Å². The first kappa shape index (κ1) is 15.0. The highest BCUT2D eigenvalue weighted by Gasteiger charge is 2.19. The normalized spacial score (nSPS) is 10.8. The van der Waals surface area contributed by atoms with E-state index in [9.17, 15) is 23.5 Å². The summed E-state index contributed by atoms with van der Waals surface area (Å²) in [5.41, 5.74) is -1.44. The Kier molecular flexibility index (Phi) is 4.21. The zero-order chi connectivity index (χ0) is 15.6. The molecule has 0 fully saturated rings. The molecule has 2 N–H and O–H groups in total. The molecule has 0 bridgehead atoms. The Morgan fingerprint density at radius 1 is 1.43 bits per heavy atom. The molecule has 7 heteroatoms. The van der Waals surface area contributed by atoms with Gasteiger partial charge in [-0.1, -0.05) is 13.3 Å². The average Bonchev–Trinajstić information content (AvgIpc) is 2.46. The minimum absolute atomic E-state index is 0.163. The second-order valence-electron chi connectivity index (χ2n) is 4.46. The van der Waals surface area contributed by atoms with Gasteiger partial charge in [0.25, 0.3) is 0 Å². The number of hydrogen-bond acceptors (Lipinski definition) is 4. The maximum atomic E-state index is 13.3. The smallest absolute Gasteiger partial charge is 0.343 e. The number of aromatic nitrogens is 1. The first-order valence-electron chi connectivity index (χ1n) is 6.36. The fourth-order valence-electron chi connectivity index (χ4n) is 1.83. The lowest BCUT2D eigenvalue weighted by molar-refractivity contribution is 0.0498. The Balaban J connectivity index is 2.50. The highest BCUT2D eigenvalue weighted by atomic mass is 19.2. The van der Waals surface area contributed by atoms with Gasteiger partial charge in [-0.05, 0) is 12.5 Å². The van der Waals surface area contributed by atoms with Crippen LogP contribution in [0.15, 0.2) is 17.1 Å². The van der Waals surface area contributed by atoms with Crippen molar-refractivity contribution in [2.75, 3.05) is 6.61 Å². The summed E-state index contributed by atoms with van der Waals surface area (Å²) < 4.78 is 31.4. The Morgan fingerprint density at radius 3 is 2.81 bits per heavy atom. The van der Waals surface area contributed by atoms with Crippen molar-refractivity contribution in [2.24, 2.45) is 0 Å². The predicted molar refractivity (Wildman–Crippen MR) is 71.3 cm³/mol. The Bertz CT molecular complexity index is 755. The molecule has 0 spiro atoms. The summed E-state index contributed by atoms with van der Waals surface area (Å²) in [6.45, 7) is 2.08. The first-order chi connectivity index (χ1) is 9.97. The molecule has 0 aliphatic rings. The lowest BCUT2D eigenvalue weighted by Crippen LogP contribution is -2.19. The number of aromatic hydroxyl groups is 1. The van der Waals surface area contributed by atoms with Crippen LogP contribution in [0.2, 0.25) is 0 Å². The summed E-state index contributed by atoms with van der Waals surface area (Å²) in [7, 11) is 0. The van der Waals surface area contributed by atoms with E-state index in [1.165, 1.54) is 0 Å². The second kappa shape index (κ2) is 5.90. The third-order valence-electron chi connectivity index (χ3n) is 3.00. The molecule has 2 aromatic rings. The number of phenolic OH excluding ortho intramolecular Hbond substituents is 1. The van der Waals surface area contributed by atoms with E-state index >= 15 is 0 Å². The van der Waals surface area contributed by atoms with Gasteiger partial charge in [-0.2, -0.15) is 4.39 Å². The zero-order valence-electron chi connectivity index (χ0n) is 11.2. The third kappa shape index (κ3) is 2.72. The molecule has 0 saturated carbocycles. The van der Waals surface area contributed by atoms with E-state index in [1.807, 2.05) is 6.92 Å². The number of carbonyl (C=O) groups excluding carboxylic acids is 1. The van der Waals surface area contributed by atoms with Crippen LogP contribution in [0.5, 0.6) is 5.75 Å². The lowest BCUT2D eigenvalue weighted by Gasteiger charge is -2.06. The van der Waals surface area contributed by atoms with Gasteiger partial charge in [0, 0.05) is 6.20 Å². The van der Waals surface area contributed by atoms with Gasteiger partial charge >= 0.3 is 5.97 Å². The number of rotatable bonds is 4. The standard InChI is InChI=1S/C14H13F2NO4/c1-2-3-4-21-14(20)8-6-17-11-7(12(8)18)5-9(15)10(16)13(11)19/h5-6,19H,2-4H2,1H3,(H,17,18). The molecule has 1 aromatic heterocycles. The molecule has 2 rings (SSSR count). The fraction of sp³-hybridized carbons (Fsp3) is 0.286. The number of nitrogens with one attached hydrogen (secondary N) is 1. The predicted octanol–water partition coefficient (Wildman–Crippen LogP) is 2.47. The van der Waals surface area contributed by atoms with Gasteiger partial charge in [-0.25, -0.2) is 9.18 Å². The Hall–Kier alpha value is -2.44. The summed E-state index contributed by atoms with van der Waals surface area (Å²) in [6.07, 6.45) is 2.48. The molecule has 0 radical (unpaired) electrons. The van der Waals surface area contributed by atoms with Gasteiger partial charge < -0.3 is 14.8 Å². The maximum Gasteiger partial charge on any atom is 0.343 e. The summed E-state index contributed by atoms with van der Waals surface area (Å²) in [4.78, 5) is 26.3. The summed E-state index contributed by atoms with van der Waals surface area (Å²) in [5, 5.41) is 9.14. The number of aromatic amines is 1. The van der Waals surface area contributed by atoms with Gasteiger partial charge in [0.05, 0.1) is 17.5 Å². The van der Waals surface area contributed by atoms with Gasteiger partial charge in [-0.15, -0.1) is 0 Å². The molecular formula is C14H13F2NO4. The van der Waals surface area contributed by atoms with Gasteiger partial charge in [0.1, 0.15) is 5.56 Å². The van der Waals surface area contributed by atoms with E-state index in [0.29, 0.717) is 12.5 Å². The van der Waals surface area contributed by atoms with Crippen LogP contribution in [0.25, 0.3) is 10.9 Å². The molecule has 0 unspecified atom stereocenters. The number of phenols is 1. The van der Waals surface area contributed by atoms with Crippen LogP contribution in [0.4, 0.5) is 8.78 Å². The average molecular weight is 297 g/mol. The van der Waals surface area contributed by atoms with Gasteiger partial charge in [0.2, 0.25) is 11.2 Å². The van der Waals surface area contributed by atoms with E-state index in [2.05, 4.69) is 4.98 Å². The number of hydrogen-bond donors (Lipinski definition) is 2. The minimum Gasteiger partial charge on any atom is -0.503 e. The highest BCUT2D eigenvalue weighted by Crippen LogP contribution is 2.26. The number of esters is 1. The molecule has 5 nitrogen and oxygen atoms in total. The molecule has 0 aliphatic carbocycles. The second-order valence-corrected chi connectivity index (χ2v) is 4.46. The number of pyridine rings is 1. The maximum absolute atomic E-state index is 13.3. The SMILES string of the molecule is CCCCOC(=O)c1c[nH]c2c(O)c(F)c(F)cc2c1=O. The van der Waals surface area contributed by atoms with Crippen LogP contribution in [0.1, 0.15) is 30.1 Å². The van der Waals surface area contributed by atoms with Crippen molar-refractivity contribution >= 4 is 16.9 Å². The topological polar surface area (TPSA) is 79.4 Å². The number of halogens is 2. The molecule has 0 aliphatic heterocycles. The molecule has 0 amide bonds. The van der Waals surface area contributed by atoms with Gasteiger partial charge in [-0.3, -0.25) is 4.79 Å². The van der Waals surface area contributed by atoms with E-state index in [1.54, 1.807) is 0 Å². The Morgan fingerprint density at radius 2 is 2.14 bits per heavy atom. The highest BCUT2D eigenvalue weighted by molar-refractivity contribution is 5.94. The van der Waals surface area contributed by atoms with E-state index in [0.717, 1.165) is 12.6 Å². The molecule has 112 valence electrons. The molecule has 1 heterocycles. The quantitative estimate of drug-likeness (QED) is 0.671. The number of carbonyl (C=O) groups is 1. The number of benzene rings is 1. The molecule has 21 heavy (non-hydrogen) atoms. The number of H-pyrrole nitrogens is 1. The van der Waals surface area contributed by atoms with Crippen molar-refractivity contribution in [3.8, 4) is 5.75 Å². The van der Waals surface area contributed by atoms with Crippen molar-refractivity contribution in [3.05, 3.63) is 39.7 Å². The van der Waals surface area contributed by atoms with Crippen LogP contribution in [0.3, 0.4) is 0 Å². The van der Waals surface area contributed by atoms with Crippen molar-refractivity contribution in [2.45, 2.75) is 19.8 Å².